The van der Waals surface area contributed by atoms with E-state index in [0.717, 1.165) is 6.92 Å². The van der Waals surface area contributed by atoms with E-state index in [1.807, 2.05) is 0 Å². The van der Waals surface area contributed by atoms with Gasteiger partial charge >= 0.3 is 138 Å². The van der Waals surface area contributed by atoms with Crippen LogP contribution < -0.4 is 148 Å². The second-order valence-electron chi connectivity index (χ2n) is 1.43. The van der Waals surface area contributed by atoms with Crippen molar-refractivity contribution in [1.82, 2.24) is 0 Å². The minimum atomic E-state index is -1.53. The molecule has 0 rings (SSSR count). The summed E-state index contributed by atoms with van der Waals surface area (Å²) in [6.45, 7) is 1.12. The second-order valence-corrected chi connectivity index (χ2v) is 1.43. The van der Waals surface area contributed by atoms with E-state index in [9.17, 15) is 19.8 Å². The SMILES string of the molecule is C/C(=C/C(=O)[O-])C(=O)[O-].[Cs+].[Cs+]. The van der Waals surface area contributed by atoms with Crippen molar-refractivity contribution in [2.45, 2.75) is 6.92 Å². The van der Waals surface area contributed by atoms with Gasteiger partial charge in [0.15, 0.2) is 0 Å². The second kappa shape index (κ2) is 10.9. The van der Waals surface area contributed by atoms with Crippen molar-refractivity contribution in [3.05, 3.63) is 11.6 Å². The fraction of sp³-hybridized carbons (Fsp3) is 0.200. The molecular weight excluding hydrogens is 390 g/mol. The van der Waals surface area contributed by atoms with E-state index in [2.05, 4.69) is 0 Å². The van der Waals surface area contributed by atoms with E-state index < -0.39 is 11.9 Å². The normalized spacial score (nSPS) is 9.00. The molecular formula is C5H4Cs2O4. The third-order valence-corrected chi connectivity index (χ3v) is 0.656. The predicted octanol–water partition coefficient (Wildman–Crippen LogP) is -8.56. The third-order valence-electron chi connectivity index (χ3n) is 0.656. The molecule has 0 fully saturated rings. The van der Waals surface area contributed by atoms with Crippen molar-refractivity contribution in [3.8, 4) is 0 Å². The van der Waals surface area contributed by atoms with Crippen molar-refractivity contribution >= 4 is 11.9 Å². The number of aliphatic carboxylic acids is 2. The molecule has 0 aliphatic carbocycles. The molecule has 0 amide bonds. The Morgan fingerprint density at radius 3 is 1.64 bits per heavy atom. The number of hydrogen-bond donors (Lipinski definition) is 0. The van der Waals surface area contributed by atoms with E-state index in [-0.39, 0.29) is 143 Å². The monoisotopic (exact) mass is 394 g/mol. The Morgan fingerprint density at radius 2 is 1.55 bits per heavy atom. The fourth-order valence-electron chi connectivity index (χ4n) is 0.236. The minimum Gasteiger partial charge on any atom is -0.545 e. The Hall–Kier alpha value is 2.78. The van der Waals surface area contributed by atoms with E-state index in [4.69, 9.17) is 0 Å². The first-order chi connectivity index (χ1) is 4.04. The molecule has 0 aliphatic heterocycles. The van der Waals surface area contributed by atoms with Gasteiger partial charge in [0.05, 0.1) is 11.9 Å². The molecule has 0 aliphatic rings. The molecule has 50 valence electrons. The number of carboxylic acids is 2. The first kappa shape index (κ1) is 19.4. The van der Waals surface area contributed by atoms with Crippen molar-refractivity contribution < 1.29 is 158 Å². The summed E-state index contributed by atoms with van der Waals surface area (Å²) in [4.78, 5) is 19.4. The van der Waals surface area contributed by atoms with Crippen molar-refractivity contribution in [3.63, 3.8) is 0 Å². The Morgan fingerprint density at radius 1 is 1.18 bits per heavy atom. The zero-order valence-corrected chi connectivity index (χ0v) is 19.3. The molecule has 0 radical (unpaired) electrons. The van der Waals surface area contributed by atoms with Gasteiger partial charge in [-0.2, -0.15) is 0 Å². The molecule has 0 bridgehead atoms. The standard InChI is InChI=1S/C5H6O4.2Cs/c1-3(5(8)9)2-4(6)7;;/h2H,1H3,(H,6,7)(H,8,9);;/q;2*+1/p-2/b3-2-;;. The van der Waals surface area contributed by atoms with Crippen LogP contribution in [-0.2, 0) is 9.59 Å². The molecule has 0 spiro atoms. The molecule has 6 heteroatoms. The first-order valence-electron chi connectivity index (χ1n) is 2.14. The maximum absolute atomic E-state index is 9.76. The van der Waals surface area contributed by atoms with Gasteiger partial charge in [0, 0.05) is 0 Å². The van der Waals surface area contributed by atoms with Gasteiger partial charge in [-0.1, -0.05) is 0 Å². The van der Waals surface area contributed by atoms with Gasteiger partial charge < -0.3 is 19.8 Å². The summed E-state index contributed by atoms with van der Waals surface area (Å²) in [5.41, 5.74) is -0.352. The van der Waals surface area contributed by atoms with Gasteiger partial charge in [0.1, 0.15) is 0 Å². The van der Waals surface area contributed by atoms with Gasteiger partial charge in [-0.05, 0) is 18.6 Å². The first-order valence-corrected chi connectivity index (χ1v) is 2.14. The molecule has 0 N–H and O–H groups in total. The molecule has 0 saturated carbocycles. The maximum Gasteiger partial charge on any atom is 1.00 e. The fourth-order valence-corrected chi connectivity index (χ4v) is 0.236. The maximum atomic E-state index is 9.76. The summed E-state index contributed by atoms with van der Waals surface area (Å²) in [5, 5.41) is 19.4. The van der Waals surface area contributed by atoms with Crippen LogP contribution in [0, 0.1) is 0 Å². The minimum absolute atomic E-state index is 0. The predicted molar refractivity (Wildman–Crippen MR) is 23.8 cm³/mol. The zero-order chi connectivity index (χ0) is 7.44. The molecule has 0 aromatic carbocycles. The van der Waals surface area contributed by atoms with Crippen LogP contribution in [0.1, 0.15) is 6.92 Å². The summed E-state index contributed by atoms with van der Waals surface area (Å²) >= 11 is 0. The van der Waals surface area contributed by atoms with Crippen molar-refractivity contribution in [1.29, 1.82) is 0 Å². The van der Waals surface area contributed by atoms with Crippen LogP contribution in [0.25, 0.3) is 0 Å². The van der Waals surface area contributed by atoms with Crippen LogP contribution >= 0.6 is 0 Å². The number of carbonyl (C=O) groups excluding carboxylic acids is 2. The average Bonchev–Trinajstić information content (AvgIpc) is 1.63. The summed E-state index contributed by atoms with van der Waals surface area (Å²) in [7, 11) is 0. The molecule has 0 aromatic heterocycles. The molecule has 0 heterocycles. The van der Waals surface area contributed by atoms with Gasteiger partial charge in [-0.25, -0.2) is 0 Å². The Balaban J connectivity index is -0.000000320. The summed E-state index contributed by atoms with van der Waals surface area (Å²) < 4.78 is 0. The number of carboxylic acid groups (broad SMARTS) is 2. The smallest absolute Gasteiger partial charge is 0.545 e. The van der Waals surface area contributed by atoms with Crippen LogP contribution in [0.2, 0.25) is 0 Å². The Labute approximate surface area is 182 Å². The van der Waals surface area contributed by atoms with E-state index in [1.165, 1.54) is 0 Å². The molecule has 4 nitrogen and oxygen atoms in total. The Bertz CT molecular complexity index is 175. The summed E-state index contributed by atoms with van der Waals surface area (Å²) in [5.74, 6) is -3.03. The van der Waals surface area contributed by atoms with E-state index in [1.54, 1.807) is 0 Å². The molecule has 0 unspecified atom stereocenters. The molecule has 0 aromatic rings. The van der Waals surface area contributed by atoms with E-state index in [0.29, 0.717) is 6.08 Å². The Kier molecular flexibility index (Phi) is 19.1. The van der Waals surface area contributed by atoms with Gasteiger partial charge in [0.25, 0.3) is 0 Å². The number of carbonyl (C=O) groups is 2. The molecule has 0 atom stereocenters. The third kappa shape index (κ3) is 12.8. The van der Waals surface area contributed by atoms with Gasteiger partial charge in [0.2, 0.25) is 0 Å². The summed E-state index contributed by atoms with van der Waals surface area (Å²) in [6.07, 6.45) is 0.468. The van der Waals surface area contributed by atoms with Crippen LogP contribution in [0.4, 0.5) is 0 Å². The number of rotatable bonds is 2. The van der Waals surface area contributed by atoms with Crippen molar-refractivity contribution in [2.24, 2.45) is 0 Å². The quantitative estimate of drug-likeness (QED) is 0.436. The van der Waals surface area contributed by atoms with E-state index >= 15 is 0 Å². The number of hydrogen-bond acceptors (Lipinski definition) is 4. The van der Waals surface area contributed by atoms with Crippen molar-refractivity contribution in [2.75, 3.05) is 0 Å². The topological polar surface area (TPSA) is 80.3 Å². The van der Waals surface area contributed by atoms with Crippen LogP contribution in [-0.4, -0.2) is 11.9 Å². The van der Waals surface area contributed by atoms with Crippen LogP contribution in [0.3, 0.4) is 0 Å². The zero-order valence-electron chi connectivity index (χ0n) is 6.71. The summed E-state index contributed by atoms with van der Waals surface area (Å²) in [6, 6.07) is 0. The van der Waals surface area contributed by atoms with Crippen LogP contribution in [0.5, 0.6) is 0 Å². The van der Waals surface area contributed by atoms with Crippen LogP contribution in [0.15, 0.2) is 11.6 Å². The molecule has 0 saturated heterocycles. The van der Waals surface area contributed by atoms with Gasteiger partial charge in [-0.15, -0.1) is 0 Å². The largest absolute Gasteiger partial charge is 1.00 e. The molecule has 11 heavy (non-hydrogen) atoms. The average molecular weight is 394 g/mol. The van der Waals surface area contributed by atoms with Gasteiger partial charge in [-0.3, -0.25) is 0 Å².